The van der Waals surface area contributed by atoms with Gasteiger partial charge in [-0.3, -0.25) is 0 Å². The summed E-state index contributed by atoms with van der Waals surface area (Å²) in [5.74, 6) is 0. The Bertz CT molecular complexity index is 960. The van der Waals surface area contributed by atoms with Crippen molar-refractivity contribution in [3.63, 3.8) is 0 Å². The molecule has 0 aliphatic heterocycles. The van der Waals surface area contributed by atoms with Gasteiger partial charge in [0, 0.05) is 30.7 Å². The van der Waals surface area contributed by atoms with Crippen molar-refractivity contribution >= 4 is 11.7 Å². The van der Waals surface area contributed by atoms with Gasteiger partial charge in [0.05, 0.1) is 6.54 Å². The number of hydrogen-bond donors (Lipinski definition) is 1. The number of urea groups is 1. The van der Waals surface area contributed by atoms with Gasteiger partial charge in [-0.15, -0.1) is 0 Å². The van der Waals surface area contributed by atoms with Crippen LogP contribution in [0.2, 0.25) is 0 Å². The first-order valence-electron chi connectivity index (χ1n) is 10.9. The van der Waals surface area contributed by atoms with E-state index in [1.54, 1.807) is 0 Å². The van der Waals surface area contributed by atoms with E-state index in [0.717, 1.165) is 49.3 Å². The molecule has 0 unspecified atom stereocenters. The van der Waals surface area contributed by atoms with Crippen molar-refractivity contribution in [3.05, 3.63) is 89.2 Å². The van der Waals surface area contributed by atoms with Crippen LogP contribution in [0.5, 0.6) is 0 Å². The van der Waals surface area contributed by atoms with Crippen molar-refractivity contribution in [3.8, 4) is 0 Å². The maximum atomic E-state index is 13.1. The highest BCUT2D eigenvalue weighted by molar-refractivity contribution is 5.90. The number of aryl methyl sites for hydroxylation is 2. The summed E-state index contributed by atoms with van der Waals surface area (Å²) in [6.07, 6.45) is 5.37. The van der Waals surface area contributed by atoms with Crippen LogP contribution < -0.4 is 5.32 Å². The molecule has 0 spiro atoms. The van der Waals surface area contributed by atoms with Crippen LogP contribution in [-0.4, -0.2) is 22.0 Å². The van der Waals surface area contributed by atoms with Gasteiger partial charge in [-0.2, -0.15) is 0 Å². The molecule has 30 heavy (non-hydrogen) atoms. The maximum Gasteiger partial charge on any atom is 0.322 e. The Morgan fingerprint density at radius 1 is 0.933 bits per heavy atom. The smallest absolute Gasteiger partial charge is 0.322 e. The van der Waals surface area contributed by atoms with E-state index < -0.39 is 0 Å². The molecule has 4 nitrogen and oxygen atoms in total. The fourth-order valence-corrected chi connectivity index (χ4v) is 3.63. The number of nitrogens with one attached hydrogen (secondary N) is 1. The molecule has 0 aliphatic rings. The Kier molecular flexibility index (Phi) is 7.72. The number of amides is 2. The molecule has 3 aromatic rings. The zero-order valence-corrected chi connectivity index (χ0v) is 18.4. The minimum absolute atomic E-state index is 0.0379. The lowest BCUT2D eigenvalue weighted by Crippen LogP contribution is -2.36. The highest BCUT2D eigenvalue weighted by Gasteiger charge is 2.16. The Labute approximate surface area is 180 Å². The van der Waals surface area contributed by atoms with Crippen molar-refractivity contribution < 1.29 is 4.79 Å². The number of carbonyl (C=O) groups excluding carboxylic acids is 1. The molecule has 1 heterocycles. The third-order valence-electron chi connectivity index (χ3n) is 5.58. The topological polar surface area (TPSA) is 37.3 Å². The monoisotopic (exact) mass is 403 g/mol. The molecule has 158 valence electrons. The van der Waals surface area contributed by atoms with Gasteiger partial charge in [0.25, 0.3) is 0 Å². The molecule has 4 heteroatoms. The largest absolute Gasteiger partial charge is 0.345 e. The Morgan fingerprint density at radius 3 is 2.40 bits per heavy atom. The predicted octanol–water partition coefficient (Wildman–Crippen LogP) is 6.38. The van der Waals surface area contributed by atoms with Crippen LogP contribution >= 0.6 is 0 Å². The summed E-state index contributed by atoms with van der Waals surface area (Å²) in [5.41, 5.74) is 5.68. The summed E-state index contributed by atoms with van der Waals surface area (Å²) in [5, 5.41) is 3.11. The summed E-state index contributed by atoms with van der Waals surface area (Å²) >= 11 is 0. The number of nitrogens with zero attached hydrogens (tertiary/aromatic N) is 2. The van der Waals surface area contributed by atoms with Crippen LogP contribution in [0.1, 0.15) is 48.6 Å². The van der Waals surface area contributed by atoms with E-state index in [4.69, 9.17) is 0 Å². The van der Waals surface area contributed by atoms with Crippen LogP contribution in [0.25, 0.3) is 0 Å². The van der Waals surface area contributed by atoms with Crippen LogP contribution in [0.3, 0.4) is 0 Å². The van der Waals surface area contributed by atoms with Gasteiger partial charge < -0.3 is 14.8 Å². The fraction of sp³-hybridized carbons (Fsp3) is 0.346. The molecule has 0 saturated carbocycles. The van der Waals surface area contributed by atoms with Gasteiger partial charge in [-0.05, 0) is 55.2 Å². The van der Waals surface area contributed by atoms with Crippen LogP contribution in [0.15, 0.2) is 66.9 Å². The SMILES string of the molecule is CCCCCN(Cc1cccn1Cc1ccccc1C)C(=O)Nc1ccccc1C. The first-order valence-corrected chi connectivity index (χ1v) is 10.9. The van der Waals surface area contributed by atoms with Crippen LogP contribution in [0, 0.1) is 13.8 Å². The Hall–Kier alpha value is -3.01. The summed E-state index contributed by atoms with van der Waals surface area (Å²) in [7, 11) is 0. The van der Waals surface area contributed by atoms with Gasteiger partial charge in [0.1, 0.15) is 0 Å². The van der Waals surface area contributed by atoms with Crippen molar-refractivity contribution in [1.29, 1.82) is 0 Å². The number of aromatic nitrogens is 1. The molecule has 0 fully saturated rings. The Balaban J connectivity index is 1.75. The molecule has 1 aromatic heterocycles. The highest BCUT2D eigenvalue weighted by Crippen LogP contribution is 2.17. The number of unbranched alkanes of at least 4 members (excludes halogenated alkanes) is 2. The maximum absolute atomic E-state index is 13.1. The lowest BCUT2D eigenvalue weighted by Gasteiger charge is -2.24. The number of carbonyl (C=O) groups is 1. The minimum atomic E-state index is -0.0379. The standard InChI is InChI=1S/C26H33N3O/c1-4-5-10-17-29(26(30)27-25-16-9-7-13-22(25)3)20-24-15-11-18-28(24)19-23-14-8-6-12-21(23)2/h6-9,11-16,18H,4-5,10,17,19-20H2,1-3H3,(H,27,30). The van der Waals surface area contributed by atoms with Gasteiger partial charge in [-0.1, -0.05) is 62.2 Å². The number of hydrogen-bond acceptors (Lipinski definition) is 1. The number of anilines is 1. The normalized spacial score (nSPS) is 10.8. The first-order chi connectivity index (χ1) is 14.6. The van der Waals surface area contributed by atoms with Crippen LogP contribution in [-0.2, 0) is 13.1 Å². The molecule has 2 amide bonds. The zero-order chi connectivity index (χ0) is 21.3. The lowest BCUT2D eigenvalue weighted by atomic mass is 10.1. The van der Waals surface area contributed by atoms with E-state index in [1.165, 1.54) is 11.1 Å². The second-order valence-electron chi connectivity index (χ2n) is 7.93. The van der Waals surface area contributed by atoms with E-state index in [0.29, 0.717) is 6.54 Å². The molecule has 0 saturated heterocycles. The van der Waals surface area contributed by atoms with Gasteiger partial charge in [-0.25, -0.2) is 4.79 Å². The molecule has 3 rings (SSSR count). The van der Waals surface area contributed by atoms with Gasteiger partial charge >= 0.3 is 6.03 Å². The molecule has 0 atom stereocenters. The van der Waals surface area contributed by atoms with Gasteiger partial charge in [0.15, 0.2) is 0 Å². The van der Waals surface area contributed by atoms with Crippen LogP contribution in [0.4, 0.5) is 10.5 Å². The molecular weight excluding hydrogens is 370 g/mol. The molecule has 1 N–H and O–H groups in total. The van der Waals surface area contributed by atoms with E-state index in [2.05, 4.69) is 66.3 Å². The van der Waals surface area contributed by atoms with Crippen molar-refractivity contribution in [2.45, 2.75) is 53.1 Å². The average Bonchev–Trinajstić information content (AvgIpc) is 3.17. The van der Waals surface area contributed by atoms with E-state index in [9.17, 15) is 4.79 Å². The third kappa shape index (κ3) is 5.76. The summed E-state index contributed by atoms with van der Waals surface area (Å²) in [6, 6.07) is 20.5. The van der Waals surface area contributed by atoms with Crippen molar-refractivity contribution in [1.82, 2.24) is 9.47 Å². The number of benzene rings is 2. The second kappa shape index (κ2) is 10.7. The second-order valence-corrected chi connectivity index (χ2v) is 7.93. The number of rotatable bonds is 9. The fourth-order valence-electron chi connectivity index (χ4n) is 3.63. The molecule has 2 aromatic carbocycles. The summed E-state index contributed by atoms with van der Waals surface area (Å²) < 4.78 is 2.25. The predicted molar refractivity (Wildman–Crippen MR) is 125 cm³/mol. The summed E-state index contributed by atoms with van der Waals surface area (Å²) in [6.45, 7) is 8.51. The molecule has 0 radical (unpaired) electrons. The quantitative estimate of drug-likeness (QED) is 0.414. The molecule has 0 aliphatic carbocycles. The lowest BCUT2D eigenvalue weighted by molar-refractivity contribution is 0.206. The summed E-state index contributed by atoms with van der Waals surface area (Å²) in [4.78, 5) is 15.1. The van der Waals surface area contributed by atoms with E-state index >= 15 is 0 Å². The molecular formula is C26H33N3O. The average molecular weight is 404 g/mol. The molecule has 0 bridgehead atoms. The van der Waals surface area contributed by atoms with E-state index in [1.807, 2.05) is 36.1 Å². The van der Waals surface area contributed by atoms with E-state index in [-0.39, 0.29) is 6.03 Å². The van der Waals surface area contributed by atoms with Crippen molar-refractivity contribution in [2.24, 2.45) is 0 Å². The minimum Gasteiger partial charge on any atom is -0.345 e. The zero-order valence-electron chi connectivity index (χ0n) is 18.4. The Morgan fingerprint density at radius 2 is 1.67 bits per heavy atom. The van der Waals surface area contributed by atoms with Gasteiger partial charge in [0.2, 0.25) is 0 Å². The third-order valence-corrected chi connectivity index (χ3v) is 5.58. The number of para-hydroxylation sites is 1. The first kappa shape index (κ1) is 21.7. The van der Waals surface area contributed by atoms with Crippen molar-refractivity contribution in [2.75, 3.05) is 11.9 Å². The highest BCUT2D eigenvalue weighted by atomic mass is 16.2.